The fourth-order valence-electron chi connectivity index (χ4n) is 1.87. The molecule has 0 bridgehead atoms. The lowest BCUT2D eigenvalue weighted by atomic mass is 10.0. The molecule has 2 rings (SSSR count). The van der Waals surface area contributed by atoms with Gasteiger partial charge in [0.25, 0.3) is 0 Å². The lowest BCUT2D eigenvalue weighted by Gasteiger charge is -2.09. The standard InChI is InChI=1S/C14H10Cl2O4/c1-19-13(17)9-5-3-8-7(11(9)15)4-6-10(12(8)16)14(18)20-2/h3-6H,1-2H3. The predicted octanol–water partition coefficient (Wildman–Crippen LogP) is 3.72. The highest BCUT2D eigenvalue weighted by Gasteiger charge is 2.18. The summed E-state index contributed by atoms with van der Waals surface area (Å²) in [7, 11) is 2.55. The number of carbonyl (C=O) groups excluding carboxylic acids is 2. The quantitative estimate of drug-likeness (QED) is 0.793. The molecule has 0 heterocycles. The maximum atomic E-state index is 11.6. The van der Waals surface area contributed by atoms with Crippen LogP contribution < -0.4 is 0 Å². The smallest absolute Gasteiger partial charge is 0.339 e. The fourth-order valence-corrected chi connectivity index (χ4v) is 2.48. The van der Waals surface area contributed by atoms with E-state index in [1.807, 2.05) is 0 Å². The van der Waals surface area contributed by atoms with E-state index in [0.29, 0.717) is 10.8 Å². The van der Waals surface area contributed by atoms with Crippen LogP contribution >= 0.6 is 23.2 Å². The van der Waals surface area contributed by atoms with Crippen molar-refractivity contribution in [2.75, 3.05) is 14.2 Å². The van der Waals surface area contributed by atoms with Gasteiger partial charge in [0.05, 0.1) is 35.4 Å². The molecule has 20 heavy (non-hydrogen) atoms. The number of benzene rings is 2. The van der Waals surface area contributed by atoms with Crippen molar-refractivity contribution in [3.63, 3.8) is 0 Å². The number of hydrogen-bond donors (Lipinski definition) is 0. The van der Waals surface area contributed by atoms with Crippen LogP contribution in [0.25, 0.3) is 10.8 Å². The molecule has 4 nitrogen and oxygen atoms in total. The van der Waals surface area contributed by atoms with Gasteiger partial charge in [0.1, 0.15) is 0 Å². The summed E-state index contributed by atoms with van der Waals surface area (Å²) >= 11 is 12.4. The molecule has 0 saturated carbocycles. The molecule has 0 fully saturated rings. The number of fused-ring (bicyclic) bond motifs is 1. The van der Waals surface area contributed by atoms with Crippen molar-refractivity contribution in [2.24, 2.45) is 0 Å². The zero-order chi connectivity index (χ0) is 14.9. The minimum absolute atomic E-state index is 0.229. The average Bonchev–Trinajstić information content (AvgIpc) is 2.47. The van der Waals surface area contributed by atoms with Crippen molar-refractivity contribution < 1.29 is 19.1 Å². The number of rotatable bonds is 2. The Labute approximate surface area is 125 Å². The molecule has 0 aliphatic carbocycles. The molecule has 0 saturated heterocycles. The molecule has 2 aromatic carbocycles. The minimum atomic E-state index is -0.537. The summed E-state index contributed by atoms with van der Waals surface area (Å²) in [6.07, 6.45) is 0. The predicted molar refractivity (Wildman–Crippen MR) is 76.6 cm³/mol. The van der Waals surface area contributed by atoms with E-state index < -0.39 is 11.9 Å². The minimum Gasteiger partial charge on any atom is -0.465 e. The van der Waals surface area contributed by atoms with Gasteiger partial charge in [-0.2, -0.15) is 0 Å². The van der Waals surface area contributed by atoms with Crippen molar-refractivity contribution in [1.29, 1.82) is 0 Å². The second-order valence-corrected chi connectivity index (χ2v) is 4.69. The number of methoxy groups -OCH3 is 2. The van der Waals surface area contributed by atoms with Gasteiger partial charge in [0, 0.05) is 10.8 Å². The van der Waals surface area contributed by atoms with Gasteiger partial charge in [-0.1, -0.05) is 35.3 Å². The van der Waals surface area contributed by atoms with Gasteiger partial charge in [-0.25, -0.2) is 9.59 Å². The third-order valence-electron chi connectivity index (χ3n) is 2.88. The summed E-state index contributed by atoms with van der Waals surface area (Å²) in [5.74, 6) is -1.07. The highest BCUT2D eigenvalue weighted by molar-refractivity contribution is 6.42. The van der Waals surface area contributed by atoms with Gasteiger partial charge in [-0.15, -0.1) is 0 Å². The Kier molecular flexibility index (Phi) is 4.16. The maximum absolute atomic E-state index is 11.6. The molecule has 2 aromatic rings. The van der Waals surface area contributed by atoms with E-state index >= 15 is 0 Å². The summed E-state index contributed by atoms with van der Waals surface area (Å²) in [6, 6.07) is 6.23. The van der Waals surface area contributed by atoms with Crippen LogP contribution in [-0.4, -0.2) is 26.2 Å². The summed E-state index contributed by atoms with van der Waals surface area (Å²) in [4.78, 5) is 23.1. The molecule has 6 heteroatoms. The highest BCUT2D eigenvalue weighted by Crippen LogP contribution is 2.34. The van der Waals surface area contributed by atoms with Crippen LogP contribution in [-0.2, 0) is 9.47 Å². The van der Waals surface area contributed by atoms with E-state index in [9.17, 15) is 9.59 Å². The number of halogens is 2. The second kappa shape index (κ2) is 5.69. The molecule has 0 atom stereocenters. The van der Waals surface area contributed by atoms with Crippen LogP contribution in [0.4, 0.5) is 0 Å². The monoisotopic (exact) mass is 312 g/mol. The molecule has 0 N–H and O–H groups in total. The first-order valence-electron chi connectivity index (χ1n) is 5.58. The maximum Gasteiger partial charge on any atom is 0.339 e. The van der Waals surface area contributed by atoms with Crippen molar-refractivity contribution in [3.05, 3.63) is 45.4 Å². The van der Waals surface area contributed by atoms with E-state index in [4.69, 9.17) is 23.2 Å². The summed E-state index contributed by atoms with van der Waals surface area (Å²) in [5, 5.41) is 1.58. The van der Waals surface area contributed by atoms with Gasteiger partial charge in [0.15, 0.2) is 0 Å². The Morgan fingerprint density at radius 2 is 1.15 bits per heavy atom. The summed E-state index contributed by atoms with van der Waals surface area (Å²) < 4.78 is 9.29. The Balaban J connectivity index is 2.71. The molecule has 104 valence electrons. The molecule has 0 unspecified atom stereocenters. The van der Waals surface area contributed by atoms with Crippen LogP contribution in [0, 0.1) is 0 Å². The zero-order valence-corrected chi connectivity index (χ0v) is 12.2. The molecular weight excluding hydrogens is 303 g/mol. The third-order valence-corrected chi connectivity index (χ3v) is 3.69. The van der Waals surface area contributed by atoms with Crippen LogP contribution in [0.2, 0.25) is 10.0 Å². The first kappa shape index (κ1) is 14.6. The topological polar surface area (TPSA) is 52.6 Å². The van der Waals surface area contributed by atoms with E-state index in [2.05, 4.69) is 9.47 Å². The molecule has 0 radical (unpaired) electrons. The average molecular weight is 313 g/mol. The molecule has 0 aliphatic heterocycles. The second-order valence-electron chi connectivity index (χ2n) is 3.93. The number of hydrogen-bond acceptors (Lipinski definition) is 4. The lowest BCUT2D eigenvalue weighted by molar-refractivity contribution is 0.0592. The number of carbonyl (C=O) groups is 2. The fraction of sp³-hybridized carbons (Fsp3) is 0.143. The Hall–Kier alpha value is -1.78. The molecule has 0 amide bonds. The number of ether oxygens (including phenoxy) is 2. The highest BCUT2D eigenvalue weighted by atomic mass is 35.5. The van der Waals surface area contributed by atoms with E-state index in [-0.39, 0.29) is 21.2 Å². The zero-order valence-electron chi connectivity index (χ0n) is 10.7. The Bertz CT molecular complexity index is 649. The van der Waals surface area contributed by atoms with Gasteiger partial charge in [-0.3, -0.25) is 0 Å². The molecule has 0 aliphatic rings. The van der Waals surface area contributed by atoms with Crippen LogP contribution in [0.15, 0.2) is 24.3 Å². The Morgan fingerprint density at radius 3 is 1.45 bits per heavy atom. The van der Waals surface area contributed by atoms with Crippen LogP contribution in [0.1, 0.15) is 20.7 Å². The summed E-state index contributed by atoms with van der Waals surface area (Å²) in [5.41, 5.74) is 0.479. The third kappa shape index (κ3) is 2.32. The number of esters is 2. The van der Waals surface area contributed by atoms with Crippen LogP contribution in [0.5, 0.6) is 0 Å². The van der Waals surface area contributed by atoms with Gasteiger partial charge >= 0.3 is 11.9 Å². The van der Waals surface area contributed by atoms with Crippen LogP contribution in [0.3, 0.4) is 0 Å². The van der Waals surface area contributed by atoms with E-state index in [1.54, 1.807) is 12.1 Å². The molecular formula is C14H10Cl2O4. The summed E-state index contributed by atoms with van der Waals surface area (Å²) in [6.45, 7) is 0. The Morgan fingerprint density at radius 1 is 0.800 bits per heavy atom. The normalized spacial score (nSPS) is 10.4. The first-order valence-corrected chi connectivity index (χ1v) is 6.34. The molecule has 0 aromatic heterocycles. The van der Waals surface area contributed by atoms with Gasteiger partial charge in [-0.05, 0) is 12.1 Å². The van der Waals surface area contributed by atoms with Gasteiger partial charge < -0.3 is 9.47 Å². The van der Waals surface area contributed by atoms with Crippen molar-refractivity contribution >= 4 is 45.9 Å². The first-order chi connectivity index (χ1) is 9.51. The largest absolute Gasteiger partial charge is 0.465 e. The van der Waals surface area contributed by atoms with Crippen molar-refractivity contribution in [1.82, 2.24) is 0 Å². The molecule has 0 spiro atoms. The SMILES string of the molecule is COC(=O)c1ccc2c(Cl)c(C(=O)OC)ccc2c1Cl. The van der Waals surface area contributed by atoms with Crippen molar-refractivity contribution in [3.8, 4) is 0 Å². The van der Waals surface area contributed by atoms with Gasteiger partial charge in [0.2, 0.25) is 0 Å². The van der Waals surface area contributed by atoms with E-state index in [0.717, 1.165) is 0 Å². The lowest BCUT2D eigenvalue weighted by Crippen LogP contribution is -2.04. The van der Waals surface area contributed by atoms with E-state index in [1.165, 1.54) is 26.4 Å². The van der Waals surface area contributed by atoms with Crippen molar-refractivity contribution in [2.45, 2.75) is 0 Å².